The van der Waals surface area contributed by atoms with Crippen molar-refractivity contribution < 1.29 is 45.7 Å². The summed E-state index contributed by atoms with van der Waals surface area (Å²) in [4.78, 5) is 36.3. The zero-order valence-electron chi connectivity index (χ0n) is 28.7. The zero-order chi connectivity index (χ0) is 39.1. The van der Waals surface area contributed by atoms with Crippen LogP contribution in [0.5, 0.6) is 11.5 Å². The molecule has 0 bridgehead atoms. The molecule has 0 saturated carbocycles. The van der Waals surface area contributed by atoms with E-state index >= 15 is 0 Å². The zero-order valence-corrected chi connectivity index (χ0v) is 28.7. The van der Waals surface area contributed by atoms with E-state index in [-0.39, 0.29) is 23.0 Å². The number of carbonyl (C=O) groups excluding carboxylic acids is 1. The van der Waals surface area contributed by atoms with Crippen LogP contribution in [0.1, 0.15) is 48.1 Å². The molecule has 0 fully saturated rings. The summed E-state index contributed by atoms with van der Waals surface area (Å²) in [5, 5.41) is 11.5. The fraction of sp³-hybridized carbons (Fsp3) is 0.184. The normalized spacial score (nSPS) is 12.9. The number of ketones is 1. The lowest BCUT2D eigenvalue weighted by Crippen LogP contribution is -2.42. The van der Waals surface area contributed by atoms with Gasteiger partial charge in [-0.25, -0.2) is 19.9 Å². The van der Waals surface area contributed by atoms with E-state index in [1.54, 1.807) is 36.8 Å². The van der Waals surface area contributed by atoms with E-state index in [4.69, 9.17) is 0 Å². The number of hydrogen-bond donors (Lipinski definition) is 1. The molecule has 16 heteroatoms. The van der Waals surface area contributed by atoms with Crippen molar-refractivity contribution in [2.45, 2.75) is 39.1 Å². The number of halogens is 6. The molecular formula is C38H30F6N6O4. The first kappa shape index (κ1) is 38.9. The Morgan fingerprint density at radius 1 is 0.556 bits per heavy atom. The summed E-state index contributed by atoms with van der Waals surface area (Å²) in [5.74, 6) is -0.918. The Labute approximate surface area is 304 Å². The van der Waals surface area contributed by atoms with Crippen LogP contribution in [0.25, 0.3) is 22.3 Å². The Hall–Kier alpha value is -6.29. The lowest BCUT2D eigenvalue weighted by molar-refractivity contribution is -0.275. The highest BCUT2D eigenvalue weighted by atomic mass is 19.4. The predicted molar refractivity (Wildman–Crippen MR) is 183 cm³/mol. The Morgan fingerprint density at radius 2 is 0.981 bits per heavy atom. The number of alkyl halides is 6. The van der Waals surface area contributed by atoms with E-state index < -0.39 is 23.7 Å². The van der Waals surface area contributed by atoms with E-state index in [2.05, 4.69) is 39.4 Å². The van der Waals surface area contributed by atoms with Gasteiger partial charge in [0.2, 0.25) is 5.78 Å². The highest BCUT2D eigenvalue weighted by Crippen LogP contribution is 2.43. The Kier molecular flexibility index (Phi) is 11.4. The topological polar surface area (TPSA) is 133 Å². The first-order chi connectivity index (χ1) is 25.4. The monoisotopic (exact) mass is 748 g/mol. The van der Waals surface area contributed by atoms with Crippen LogP contribution in [0.3, 0.4) is 0 Å². The molecule has 0 aliphatic carbocycles. The van der Waals surface area contributed by atoms with E-state index in [1.807, 2.05) is 20.8 Å². The summed E-state index contributed by atoms with van der Waals surface area (Å²) in [6.45, 7) is 5.65. The molecule has 0 radical (unpaired) electrons. The Morgan fingerprint density at radius 3 is 1.37 bits per heavy atom. The summed E-state index contributed by atoms with van der Waals surface area (Å²) in [7, 11) is 0. The van der Waals surface area contributed by atoms with Crippen molar-refractivity contribution in [2.24, 2.45) is 5.41 Å². The standard InChI is InChI=1S/C21H20F3N3O2.C17H10F3N3O2/c1-19(2,3)20(28,16-11-25-13-26-12-16)18-9-6-15(10-27-18)14-4-7-17(8-5-14)29-21(22,23)24;18-17(19,20)25-14-4-1-11(2-5-14)12-3-6-15(23-9-12)16(24)13-7-21-10-22-8-13/h4-13,28H,1-3H3;1-10H. The van der Waals surface area contributed by atoms with Crippen molar-refractivity contribution in [1.29, 1.82) is 0 Å². The number of pyridine rings is 2. The molecule has 0 saturated heterocycles. The number of hydrogen-bond acceptors (Lipinski definition) is 10. The van der Waals surface area contributed by atoms with Gasteiger partial charge >= 0.3 is 12.7 Å². The van der Waals surface area contributed by atoms with E-state index in [0.29, 0.717) is 39.1 Å². The van der Waals surface area contributed by atoms with Gasteiger partial charge in [0.15, 0.2) is 0 Å². The molecule has 1 atom stereocenters. The van der Waals surface area contributed by atoms with Crippen LogP contribution in [0.4, 0.5) is 26.3 Å². The van der Waals surface area contributed by atoms with Crippen LogP contribution in [0, 0.1) is 5.41 Å². The molecule has 0 aliphatic rings. The van der Waals surface area contributed by atoms with Crippen LogP contribution in [-0.2, 0) is 5.60 Å². The third kappa shape index (κ3) is 9.77. The Bertz CT molecular complexity index is 2130. The van der Waals surface area contributed by atoms with Gasteiger partial charge in [0.05, 0.1) is 11.3 Å². The van der Waals surface area contributed by atoms with Gasteiger partial charge in [0.25, 0.3) is 0 Å². The third-order valence-corrected chi connectivity index (χ3v) is 7.86. The first-order valence-electron chi connectivity index (χ1n) is 15.9. The first-order valence-corrected chi connectivity index (χ1v) is 15.9. The summed E-state index contributed by atoms with van der Waals surface area (Å²) in [5.41, 5.74) is 2.08. The molecule has 4 aromatic heterocycles. The van der Waals surface area contributed by atoms with Crippen molar-refractivity contribution in [3.05, 3.63) is 145 Å². The maximum atomic E-state index is 12.3. The highest BCUT2D eigenvalue weighted by molar-refractivity contribution is 6.07. The molecule has 2 aromatic carbocycles. The second-order valence-electron chi connectivity index (χ2n) is 12.6. The van der Waals surface area contributed by atoms with Gasteiger partial charge in [0, 0.05) is 59.3 Å². The quantitative estimate of drug-likeness (QED) is 0.120. The summed E-state index contributed by atoms with van der Waals surface area (Å²) in [6, 6.07) is 17.5. The minimum atomic E-state index is -4.73. The predicted octanol–water partition coefficient (Wildman–Crippen LogP) is 8.39. The number of aliphatic hydroxyl groups is 1. The highest BCUT2D eigenvalue weighted by Gasteiger charge is 2.45. The van der Waals surface area contributed by atoms with Gasteiger partial charge in [-0.15, -0.1) is 26.3 Å². The van der Waals surface area contributed by atoms with Crippen LogP contribution >= 0.6 is 0 Å². The number of rotatable bonds is 8. The third-order valence-electron chi connectivity index (χ3n) is 7.86. The smallest absolute Gasteiger partial charge is 0.406 e. The van der Waals surface area contributed by atoms with Gasteiger partial charge < -0.3 is 14.6 Å². The number of nitrogens with zero attached hydrogens (tertiary/aromatic N) is 6. The van der Waals surface area contributed by atoms with Gasteiger partial charge in [-0.1, -0.05) is 57.2 Å². The molecule has 1 N–H and O–H groups in total. The lowest BCUT2D eigenvalue weighted by atomic mass is 9.70. The molecule has 0 aliphatic heterocycles. The fourth-order valence-electron chi connectivity index (χ4n) is 5.19. The van der Waals surface area contributed by atoms with E-state index in [0.717, 1.165) is 0 Å². The molecule has 1 unspecified atom stereocenters. The van der Waals surface area contributed by atoms with Crippen molar-refractivity contribution >= 4 is 5.78 Å². The lowest BCUT2D eigenvalue weighted by Gasteiger charge is -2.39. The largest absolute Gasteiger partial charge is 0.573 e. The minimum Gasteiger partial charge on any atom is -0.406 e. The molecule has 0 amide bonds. The van der Waals surface area contributed by atoms with Crippen LogP contribution in [0.2, 0.25) is 0 Å². The Balaban J connectivity index is 0.000000210. The molecule has 278 valence electrons. The molecular weight excluding hydrogens is 718 g/mol. The molecule has 6 aromatic rings. The van der Waals surface area contributed by atoms with Crippen molar-refractivity contribution in [1.82, 2.24) is 29.9 Å². The van der Waals surface area contributed by atoms with Crippen molar-refractivity contribution in [3.8, 4) is 33.8 Å². The number of benzene rings is 2. The van der Waals surface area contributed by atoms with E-state index in [9.17, 15) is 36.2 Å². The van der Waals surface area contributed by atoms with Crippen LogP contribution < -0.4 is 9.47 Å². The summed E-state index contributed by atoms with van der Waals surface area (Å²) < 4.78 is 81.0. The molecule has 4 heterocycles. The fourth-order valence-corrected chi connectivity index (χ4v) is 5.19. The van der Waals surface area contributed by atoms with Crippen molar-refractivity contribution in [2.75, 3.05) is 0 Å². The maximum absolute atomic E-state index is 12.3. The number of aromatic nitrogens is 6. The number of ether oxygens (including phenoxy) is 2. The maximum Gasteiger partial charge on any atom is 0.573 e. The van der Waals surface area contributed by atoms with Gasteiger partial charge in [-0.3, -0.25) is 14.8 Å². The summed E-state index contributed by atoms with van der Waals surface area (Å²) >= 11 is 0. The molecule has 6 rings (SSSR count). The molecule has 54 heavy (non-hydrogen) atoms. The second-order valence-corrected chi connectivity index (χ2v) is 12.6. The second kappa shape index (κ2) is 15.8. The SMILES string of the molecule is CC(C)(C)C(O)(c1cncnc1)c1ccc(-c2ccc(OC(F)(F)F)cc2)cn1.O=C(c1cncnc1)c1ccc(-c2ccc(OC(F)(F)F)cc2)cn1. The van der Waals surface area contributed by atoms with Gasteiger partial charge in [-0.2, -0.15) is 0 Å². The molecule has 0 spiro atoms. The minimum absolute atomic E-state index is 0.218. The van der Waals surface area contributed by atoms with Gasteiger partial charge in [0.1, 0.15) is 35.4 Å². The molecule has 10 nitrogen and oxygen atoms in total. The van der Waals surface area contributed by atoms with Crippen LogP contribution in [0.15, 0.2) is 123 Å². The van der Waals surface area contributed by atoms with Crippen molar-refractivity contribution in [3.63, 3.8) is 0 Å². The van der Waals surface area contributed by atoms with Crippen LogP contribution in [-0.4, -0.2) is 53.5 Å². The average Bonchev–Trinajstić information content (AvgIpc) is 3.14. The average molecular weight is 749 g/mol. The number of carbonyl (C=O) groups is 1. The van der Waals surface area contributed by atoms with Gasteiger partial charge in [-0.05, 0) is 47.5 Å². The summed E-state index contributed by atoms with van der Waals surface area (Å²) in [6.07, 6.45) is 2.16. The van der Waals surface area contributed by atoms with E-state index in [1.165, 1.54) is 85.8 Å².